The zero-order chi connectivity index (χ0) is 17.4. The maximum absolute atomic E-state index is 13.1. The van der Waals surface area contributed by atoms with Gasteiger partial charge in [0.05, 0.1) is 5.57 Å². The molecule has 0 saturated carbocycles. The standard InChI is InChI=1S/C18H18ClN3O3/c1-11-20-17(25-21-11)15-4-2-3-7-22(15)18(23)13-8-12-9-14(19)5-6-16(12)24-10-13/h5-6,8-9,15H,2-4,7,10H2,1H3/t15-/m0/s1. The molecule has 1 amide bonds. The van der Waals surface area contributed by atoms with E-state index in [1.54, 1.807) is 19.1 Å². The Kier molecular flexibility index (Phi) is 4.21. The molecule has 0 aliphatic carbocycles. The minimum absolute atomic E-state index is 0.0498. The Hall–Kier alpha value is -2.34. The number of halogens is 1. The van der Waals surface area contributed by atoms with Crippen molar-refractivity contribution in [2.24, 2.45) is 0 Å². The first-order valence-electron chi connectivity index (χ1n) is 8.36. The fraction of sp³-hybridized carbons (Fsp3) is 0.389. The number of hydrogen-bond acceptors (Lipinski definition) is 5. The number of hydrogen-bond donors (Lipinski definition) is 0. The van der Waals surface area contributed by atoms with E-state index in [0.29, 0.717) is 28.9 Å². The second-order valence-corrected chi connectivity index (χ2v) is 6.77. The molecule has 2 aliphatic heterocycles. The van der Waals surface area contributed by atoms with Gasteiger partial charge in [0.15, 0.2) is 5.82 Å². The van der Waals surface area contributed by atoms with Crippen LogP contribution in [0.1, 0.15) is 42.6 Å². The first-order chi connectivity index (χ1) is 12.1. The number of rotatable bonds is 2. The summed E-state index contributed by atoms with van der Waals surface area (Å²) in [5.74, 6) is 1.78. The van der Waals surface area contributed by atoms with E-state index in [4.69, 9.17) is 20.9 Å². The number of nitrogens with zero attached hydrogens (tertiary/aromatic N) is 3. The number of benzene rings is 1. The average Bonchev–Trinajstić information content (AvgIpc) is 3.06. The Morgan fingerprint density at radius 3 is 3.04 bits per heavy atom. The molecule has 3 heterocycles. The largest absolute Gasteiger partial charge is 0.488 e. The SMILES string of the molecule is Cc1noc([C@@H]2CCCCN2C(=O)C2=Cc3cc(Cl)ccc3OC2)n1. The van der Waals surface area contributed by atoms with E-state index in [1.165, 1.54) is 0 Å². The van der Waals surface area contributed by atoms with Gasteiger partial charge in [-0.2, -0.15) is 4.98 Å². The van der Waals surface area contributed by atoms with Gasteiger partial charge < -0.3 is 14.2 Å². The lowest BCUT2D eigenvalue weighted by Gasteiger charge is -2.34. The molecule has 0 spiro atoms. The van der Waals surface area contributed by atoms with Crippen molar-refractivity contribution in [3.05, 3.63) is 46.1 Å². The van der Waals surface area contributed by atoms with Gasteiger partial charge in [-0.3, -0.25) is 4.79 Å². The van der Waals surface area contributed by atoms with Crippen molar-refractivity contribution in [1.82, 2.24) is 15.0 Å². The summed E-state index contributed by atoms with van der Waals surface area (Å²) in [5.41, 5.74) is 1.43. The van der Waals surface area contributed by atoms with Crippen LogP contribution in [0.15, 0.2) is 28.3 Å². The highest BCUT2D eigenvalue weighted by molar-refractivity contribution is 6.30. The Labute approximate surface area is 150 Å². The summed E-state index contributed by atoms with van der Waals surface area (Å²) in [5, 5.41) is 4.47. The van der Waals surface area contributed by atoms with Crippen LogP contribution < -0.4 is 4.74 Å². The van der Waals surface area contributed by atoms with E-state index in [2.05, 4.69) is 10.1 Å². The fourth-order valence-corrected chi connectivity index (χ4v) is 3.52. The summed E-state index contributed by atoms with van der Waals surface area (Å²) >= 11 is 6.05. The van der Waals surface area contributed by atoms with E-state index in [1.807, 2.05) is 17.0 Å². The highest BCUT2D eigenvalue weighted by Gasteiger charge is 2.34. The molecule has 4 rings (SSSR count). The number of ether oxygens (including phenoxy) is 1. The number of fused-ring (bicyclic) bond motifs is 1. The number of amides is 1. The van der Waals surface area contributed by atoms with Crippen LogP contribution in [-0.2, 0) is 4.79 Å². The molecule has 1 atom stereocenters. The second-order valence-electron chi connectivity index (χ2n) is 6.33. The molecule has 130 valence electrons. The van der Waals surface area contributed by atoms with E-state index < -0.39 is 0 Å². The van der Waals surface area contributed by atoms with Crippen molar-refractivity contribution in [1.29, 1.82) is 0 Å². The predicted molar refractivity (Wildman–Crippen MR) is 92.3 cm³/mol. The summed E-state index contributed by atoms with van der Waals surface area (Å²) in [6.45, 7) is 2.70. The molecule has 6 nitrogen and oxygen atoms in total. The van der Waals surface area contributed by atoms with Crippen molar-refractivity contribution in [2.75, 3.05) is 13.2 Å². The van der Waals surface area contributed by atoms with Crippen molar-refractivity contribution in [3.63, 3.8) is 0 Å². The molecule has 0 unspecified atom stereocenters. The third kappa shape index (κ3) is 3.14. The number of piperidine rings is 1. The Morgan fingerprint density at radius 1 is 1.36 bits per heavy atom. The summed E-state index contributed by atoms with van der Waals surface area (Å²) in [6, 6.07) is 5.22. The monoisotopic (exact) mass is 359 g/mol. The summed E-state index contributed by atoms with van der Waals surface area (Å²) in [6.07, 6.45) is 4.68. The number of aromatic nitrogens is 2. The van der Waals surface area contributed by atoms with E-state index in [0.717, 1.165) is 30.6 Å². The van der Waals surface area contributed by atoms with Crippen molar-refractivity contribution < 1.29 is 14.1 Å². The van der Waals surface area contributed by atoms with Gasteiger partial charge in [-0.1, -0.05) is 16.8 Å². The first-order valence-corrected chi connectivity index (χ1v) is 8.74. The number of aryl methyl sites for hydroxylation is 1. The van der Waals surface area contributed by atoms with Crippen LogP contribution in [0.2, 0.25) is 5.02 Å². The van der Waals surface area contributed by atoms with Gasteiger partial charge in [0, 0.05) is 17.1 Å². The van der Waals surface area contributed by atoms with Gasteiger partial charge in [0.1, 0.15) is 18.4 Å². The zero-order valence-electron chi connectivity index (χ0n) is 13.9. The minimum Gasteiger partial charge on any atom is -0.488 e. The third-order valence-corrected chi connectivity index (χ3v) is 4.79. The second kappa shape index (κ2) is 6.52. The molecule has 0 bridgehead atoms. The third-order valence-electron chi connectivity index (χ3n) is 4.55. The summed E-state index contributed by atoms with van der Waals surface area (Å²) < 4.78 is 11.0. The molecular formula is C18H18ClN3O3. The van der Waals surface area contributed by atoms with Gasteiger partial charge in [0.25, 0.3) is 5.91 Å². The van der Waals surface area contributed by atoms with Gasteiger partial charge in [0.2, 0.25) is 5.89 Å². The van der Waals surface area contributed by atoms with Crippen LogP contribution in [0, 0.1) is 6.92 Å². The molecule has 1 aromatic carbocycles. The van der Waals surface area contributed by atoms with Crippen LogP contribution in [0.25, 0.3) is 6.08 Å². The Balaban J connectivity index is 1.62. The number of carbonyl (C=O) groups is 1. The normalized spacial score (nSPS) is 19.8. The van der Waals surface area contributed by atoms with Gasteiger partial charge in [-0.25, -0.2) is 0 Å². The molecule has 2 aromatic rings. The lowest BCUT2D eigenvalue weighted by Crippen LogP contribution is -2.40. The Morgan fingerprint density at radius 2 is 2.24 bits per heavy atom. The Bertz CT molecular complexity index is 846. The lowest BCUT2D eigenvalue weighted by molar-refractivity contribution is -0.131. The van der Waals surface area contributed by atoms with Crippen LogP contribution in [0.4, 0.5) is 0 Å². The highest BCUT2D eigenvalue weighted by atomic mass is 35.5. The quantitative estimate of drug-likeness (QED) is 0.820. The lowest BCUT2D eigenvalue weighted by atomic mass is 9.99. The van der Waals surface area contributed by atoms with Gasteiger partial charge in [-0.15, -0.1) is 0 Å². The molecule has 1 saturated heterocycles. The smallest absolute Gasteiger partial charge is 0.253 e. The topological polar surface area (TPSA) is 68.5 Å². The van der Waals surface area contributed by atoms with Crippen LogP contribution in [0.3, 0.4) is 0 Å². The van der Waals surface area contributed by atoms with Crippen molar-refractivity contribution in [2.45, 2.75) is 32.2 Å². The molecule has 25 heavy (non-hydrogen) atoms. The number of likely N-dealkylation sites (tertiary alicyclic amines) is 1. The predicted octanol–water partition coefficient (Wildman–Crippen LogP) is 3.56. The maximum Gasteiger partial charge on any atom is 0.253 e. The molecular weight excluding hydrogens is 342 g/mol. The van der Waals surface area contributed by atoms with Gasteiger partial charge in [-0.05, 0) is 50.5 Å². The fourth-order valence-electron chi connectivity index (χ4n) is 3.34. The van der Waals surface area contributed by atoms with E-state index >= 15 is 0 Å². The number of carbonyl (C=O) groups excluding carboxylic acids is 1. The zero-order valence-corrected chi connectivity index (χ0v) is 14.6. The molecule has 7 heteroatoms. The first kappa shape index (κ1) is 16.1. The molecule has 0 radical (unpaired) electrons. The summed E-state index contributed by atoms with van der Waals surface area (Å²) in [7, 11) is 0. The van der Waals surface area contributed by atoms with E-state index in [9.17, 15) is 4.79 Å². The summed E-state index contributed by atoms with van der Waals surface area (Å²) in [4.78, 5) is 19.2. The van der Waals surface area contributed by atoms with Crippen molar-refractivity contribution >= 4 is 23.6 Å². The van der Waals surface area contributed by atoms with Gasteiger partial charge >= 0.3 is 0 Å². The van der Waals surface area contributed by atoms with Crippen LogP contribution in [0.5, 0.6) is 5.75 Å². The average molecular weight is 360 g/mol. The maximum atomic E-state index is 13.1. The molecule has 2 aliphatic rings. The van der Waals surface area contributed by atoms with Crippen LogP contribution >= 0.6 is 11.6 Å². The van der Waals surface area contributed by atoms with Crippen molar-refractivity contribution in [3.8, 4) is 5.75 Å². The molecule has 0 N–H and O–H groups in total. The molecule has 1 aromatic heterocycles. The molecule has 1 fully saturated rings. The van der Waals surface area contributed by atoms with E-state index in [-0.39, 0.29) is 18.6 Å². The highest BCUT2D eigenvalue weighted by Crippen LogP contribution is 2.34. The minimum atomic E-state index is -0.177. The van der Waals surface area contributed by atoms with Crippen LogP contribution in [-0.4, -0.2) is 34.1 Å².